The van der Waals surface area contributed by atoms with E-state index < -0.39 is 11.7 Å². The second-order valence-electron chi connectivity index (χ2n) is 6.12. The number of amides is 1. The van der Waals surface area contributed by atoms with Crippen LogP contribution in [0.3, 0.4) is 0 Å². The molecule has 0 bridgehead atoms. The number of alkyl carbamates (subject to hydrolysis) is 1. The van der Waals surface area contributed by atoms with Gasteiger partial charge in [-0.25, -0.2) is 9.78 Å². The summed E-state index contributed by atoms with van der Waals surface area (Å²) in [5, 5.41) is 9.00. The lowest BCUT2D eigenvalue weighted by Crippen LogP contribution is -2.43. The highest BCUT2D eigenvalue weighted by molar-refractivity contribution is 14.0. The van der Waals surface area contributed by atoms with Crippen LogP contribution in [0.25, 0.3) is 0 Å². The van der Waals surface area contributed by atoms with Crippen LogP contribution in [0.2, 0.25) is 0 Å². The number of aryl methyl sites for hydroxylation is 1. The number of carbonyl (C=O) groups excluding carboxylic acids is 1. The Bertz CT molecular complexity index is 542. The maximum absolute atomic E-state index is 11.5. The Hall–Kier alpha value is -1.10. The molecule has 0 fully saturated rings. The van der Waals surface area contributed by atoms with Crippen LogP contribution < -0.4 is 10.6 Å². The topological polar surface area (TPSA) is 78.8 Å². The van der Waals surface area contributed by atoms with Gasteiger partial charge in [-0.05, 0) is 27.7 Å². The number of rotatable bonds is 5. The molecule has 1 rings (SSSR count). The number of hydrogen-bond acceptors (Lipinski definition) is 5. The SMILES string of the molecule is CN=C(NCCNC(=O)OC(C)(C)C)N(C)Cc1csc(C)n1.I. The van der Waals surface area contributed by atoms with E-state index in [2.05, 4.69) is 20.6 Å². The standard InChI is InChI=1S/C15H27N5O2S.HI/c1-11-19-12(10-23-11)9-20(6)13(16-5)17-7-8-18-14(21)22-15(2,3)4;/h10H,7-9H2,1-6H3,(H,16,17)(H,18,21);1H. The lowest BCUT2D eigenvalue weighted by molar-refractivity contribution is 0.0529. The average Bonchev–Trinajstić information content (AvgIpc) is 2.82. The summed E-state index contributed by atoms with van der Waals surface area (Å²) in [6.45, 7) is 9.20. The number of ether oxygens (including phenoxy) is 1. The third-order valence-corrected chi connectivity index (χ3v) is 3.54. The molecule has 0 saturated carbocycles. The summed E-state index contributed by atoms with van der Waals surface area (Å²) in [5.41, 5.74) is 0.532. The number of nitrogens with zero attached hydrogens (tertiary/aromatic N) is 3. The van der Waals surface area contributed by atoms with Crippen LogP contribution in [0.4, 0.5) is 4.79 Å². The summed E-state index contributed by atoms with van der Waals surface area (Å²) < 4.78 is 5.17. The van der Waals surface area contributed by atoms with Crippen molar-refractivity contribution < 1.29 is 9.53 Å². The molecular weight excluding hydrogens is 441 g/mol. The Kier molecular flexibility index (Phi) is 10.2. The first kappa shape index (κ1) is 22.9. The van der Waals surface area contributed by atoms with Crippen LogP contribution in [0, 0.1) is 6.92 Å². The number of hydrogen-bond donors (Lipinski definition) is 2. The Morgan fingerprint density at radius 2 is 2.00 bits per heavy atom. The van der Waals surface area contributed by atoms with Gasteiger partial charge in [0.1, 0.15) is 5.60 Å². The Morgan fingerprint density at radius 3 is 2.50 bits per heavy atom. The van der Waals surface area contributed by atoms with Gasteiger partial charge in [0.2, 0.25) is 0 Å². The van der Waals surface area contributed by atoms with Crippen molar-refractivity contribution in [3.8, 4) is 0 Å². The van der Waals surface area contributed by atoms with E-state index in [1.54, 1.807) is 18.4 Å². The normalized spacial score (nSPS) is 11.5. The molecule has 0 atom stereocenters. The monoisotopic (exact) mass is 469 g/mol. The van der Waals surface area contributed by atoms with E-state index in [0.29, 0.717) is 19.6 Å². The zero-order chi connectivity index (χ0) is 17.5. The number of guanidine groups is 1. The summed E-state index contributed by atoms with van der Waals surface area (Å²) in [4.78, 5) is 22.2. The molecule has 1 heterocycles. The van der Waals surface area contributed by atoms with Gasteiger partial charge in [-0.15, -0.1) is 35.3 Å². The molecule has 2 N–H and O–H groups in total. The fraction of sp³-hybridized carbons (Fsp3) is 0.667. The maximum Gasteiger partial charge on any atom is 0.407 e. The highest BCUT2D eigenvalue weighted by atomic mass is 127. The van der Waals surface area contributed by atoms with E-state index in [1.165, 1.54) is 0 Å². The molecule has 1 amide bonds. The summed E-state index contributed by atoms with van der Waals surface area (Å²) in [6, 6.07) is 0. The van der Waals surface area contributed by atoms with Crippen molar-refractivity contribution in [1.82, 2.24) is 20.5 Å². The van der Waals surface area contributed by atoms with Crippen LogP contribution in [-0.2, 0) is 11.3 Å². The van der Waals surface area contributed by atoms with Gasteiger partial charge in [0.15, 0.2) is 5.96 Å². The molecule has 9 heteroatoms. The van der Waals surface area contributed by atoms with Crippen LogP contribution in [0.1, 0.15) is 31.5 Å². The second-order valence-corrected chi connectivity index (χ2v) is 7.18. The minimum Gasteiger partial charge on any atom is -0.444 e. The summed E-state index contributed by atoms with van der Waals surface area (Å²) in [6.07, 6.45) is -0.416. The van der Waals surface area contributed by atoms with Crippen LogP contribution in [0.15, 0.2) is 10.4 Å². The fourth-order valence-electron chi connectivity index (χ4n) is 1.84. The van der Waals surface area contributed by atoms with Crippen molar-refractivity contribution in [3.05, 3.63) is 16.1 Å². The minimum absolute atomic E-state index is 0. The van der Waals surface area contributed by atoms with Crippen LogP contribution in [-0.4, -0.2) is 54.7 Å². The smallest absolute Gasteiger partial charge is 0.407 e. The predicted octanol–water partition coefficient (Wildman–Crippen LogP) is 2.60. The fourth-order valence-corrected chi connectivity index (χ4v) is 2.44. The Labute approximate surface area is 165 Å². The number of aromatic nitrogens is 1. The summed E-state index contributed by atoms with van der Waals surface area (Å²) in [7, 11) is 3.68. The van der Waals surface area contributed by atoms with E-state index in [9.17, 15) is 4.79 Å². The molecule has 0 aromatic carbocycles. The minimum atomic E-state index is -0.487. The van der Waals surface area contributed by atoms with Crippen molar-refractivity contribution >= 4 is 47.4 Å². The van der Waals surface area contributed by atoms with E-state index >= 15 is 0 Å². The first-order chi connectivity index (χ1) is 10.7. The lowest BCUT2D eigenvalue weighted by Gasteiger charge is -2.22. The third-order valence-electron chi connectivity index (χ3n) is 2.72. The molecule has 0 unspecified atom stereocenters. The largest absolute Gasteiger partial charge is 0.444 e. The molecule has 1 aromatic rings. The molecular formula is C15H28IN5O2S. The number of nitrogens with one attached hydrogen (secondary N) is 2. The van der Waals surface area contributed by atoms with Gasteiger partial charge < -0.3 is 20.3 Å². The van der Waals surface area contributed by atoms with Gasteiger partial charge in [0, 0.05) is 32.6 Å². The van der Waals surface area contributed by atoms with Gasteiger partial charge in [-0.1, -0.05) is 0 Å². The highest BCUT2D eigenvalue weighted by Gasteiger charge is 2.15. The summed E-state index contributed by atoms with van der Waals surface area (Å²) >= 11 is 1.64. The molecule has 138 valence electrons. The van der Waals surface area contributed by atoms with Crippen molar-refractivity contribution in [2.75, 3.05) is 27.2 Å². The number of carbonyl (C=O) groups is 1. The van der Waals surface area contributed by atoms with Crippen LogP contribution >= 0.6 is 35.3 Å². The van der Waals surface area contributed by atoms with Crippen molar-refractivity contribution in [2.45, 2.75) is 39.8 Å². The Balaban J connectivity index is 0.00000529. The quantitative estimate of drug-likeness (QED) is 0.300. The van der Waals surface area contributed by atoms with Gasteiger partial charge >= 0.3 is 6.09 Å². The van der Waals surface area contributed by atoms with Crippen molar-refractivity contribution in [2.24, 2.45) is 4.99 Å². The number of halogens is 1. The lowest BCUT2D eigenvalue weighted by atomic mass is 10.2. The van der Waals surface area contributed by atoms with Crippen molar-refractivity contribution in [1.29, 1.82) is 0 Å². The van der Waals surface area contributed by atoms with E-state index in [1.807, 2.05) is 45.0 Å². The van der Waals surface area contributed by atoms with E-state index in [4.69, 9.17) is 4.74 Å². The van der Waals surface area contributed by atoms with Crippen molar-refractivity contribution in [3.63, 3.8) is 0 Å². The van der Waals surface area contributed by atoms with E-state index in [-0.39, 0.29) is 24.0 Å². The number of aliphatic imine (C=N–C) groups is 1. The zero-order valence-electron chi connectivity index (χ0n) is 15.2. The first-order valence-corrected chi connectivity index (χ1v) is 8.39. The maximum atomic E-state index is 11.5. The number of thiazole rings is 1. The molecule has 7 nitrogen and oxygen atoms in total. The van der Waals surface area contributed by atoms with Gasteiger partial charge in [-0.3, -0.25) is 4.99 Å². The molecule has 0 radical (unpaired) electrons. The zero-order valence-corrected chi connectivity index (χ0v) is 18.3. The molecule has 24 heavy (non-hydrogen) atoms. The third kappa shape index (κ3) is 9.26. The summed E-state index contributed by atoms with van der Waals surface area (Å²) in [5.74, 6) is 0.752. The average molecular weight is 469 g/mol. The molecule has 0 aliphatic rings. The Morgan fingerprint density at radius 1 is 1.38 bits per heavy atom. The highest BCUT2D eigenvalue weighted by Crippen LogP contribution is 2.09. The van der Waals surface area contributed by atoms with Gasteiger partial charge in [0.05, 0.1) is 17.2 Å². The van der Waals surface area contributed by atoms with Gasteiger partial charge in [0.25, 0.3) is 0 Å². The predicted molar refractivity (Wildman–Crippen MR) is 109 cm³/mol. The molecule has 0 spiro atoms. The second kappa shape index (κ2) is 10.7. The van der Waals surface area contributed by atoms with E-state index in [0.717, 1.165) is 16.7 Å². The van der Waals surface area contributed by atoms with Crippen LogP contribution in [0.5, 0.6) is 0 Å². The van der Waals surface area contributed by atoms with Gasteiger partial charge in [-0.2, -0.15) is 0 Å². The molecule has 0 aliphatic heterocycles. The molecule has 0 aliphatic carbocycles. The molecule has 1 aromatic heterocycles. The molecule has 0 saturated heterocycles. The first-order valence-electron chi connectivity index (χ1n) is 7.51.